The van der Waals surface area contributed by atoms with E-state index in [9.17, 15) is 10.1 Å². The summed E-state index contributed by atoms with van der Waals surface area (Å²) in [5.74, 6) is 0.818. The predicted octanol–water partition coefficient (Wildman–Crippen LogP) is 6.67. The zero-order valence-corrected chi connectivity index (χ0v) is 20.0. The van der Waals surface area contributed by atoms with Gasteiger partial charge in [-0.3, -0.25) is 10.1 Å². The van der Waals surface area contributed by atoms with Crippen molar-refractivity contribution in [1.29, 1.82) is 0 Å². The van der Waals surface area contributed by atoms with Crippen LogP contribution in [0.2, 0.25) is 5.02 Å². The highest BCUT2D eigenvalue weighted by molar-refractivity contribution is 6.32. The number of hydrogen-bond donors (Lipinski definition) is 0. The second kappa shape index (κ2) is 11.6. The van der Waals surface area contributed by atoms with Crippen molar-refractivity contribution >= 4 is 17.3 Å². The predicted molar refractivity (Wildman–Crippen MR) is 134 cm³/mol. The number of nitro groups is 1. The Labute approximate surface area is 205 Å². The fourth-order valence-corrected chi connectivity index (χ4v) is 4.61. The lowest BCUT2D eigenvalue weighted by atomic mass is 9.92. The van der Waals surface area contributed by atoms with Crippen LogP contribution in [0.3, 0.4) is 0 Å². The molecule has 1 aliphatic heterocycles. The number of benzene rings is 2. The molecular formula is C27H30ClN2O4. The van der Waals surface area contributed by atoms with Gasteiger partial charge >= 0.3 is 0 Å². The first-order valence-corrected chi connectivity index (χ1v) is 12.1. The molecule has 2 heterocycles. The van der Waals surface area contributed by atoms with Gasteiger partial charge in [0, 0.05) is 18.5 Å². The van der Waals surface area contributed by atoms with Crippen LogP contribution in [0.1, 0.15) is 42.1 Å². The molecule has 3 aromatic rings. The van der Waals surface area contributed by atoms with Crippen LogP contribution in [0.5, 0.6) is 0 Å². The van der Waals surface area contributed by atoms with E-state index in [0.29, 0.717) is 19.6 Å². The Balaban J connectivity index is 1.53. The number of likely N-dealkylation sites (tertiary alicyclic amines) is 1. The van der Waals surface area contributed by atoms with E-state index in [2.05, 4.69) is 24.0 Å². The largest absolute Gasteiger partial charge is 0.469 e. The first kappa shape index (κ1) is 24.5. The van der Waals surface area contributed by atoms with Crippen molar-refractivity contribution in [3.63, 3.8) is 0 Å². The Kier molecular flexibility index (Phi) is 8.38. The monoisotopic (exact) mass is 481 g/mol. The molecule has 0 N–H and O–H groups in total. The summed E-state index contributed by atoms with van der Waals surface area (Å²) in [6.07, 6.45) is 6.21. The summed E-state index contributed by atoms with van der Waals surface area (Å²) >= 11 is 6.01. The molecule has 1 aromatic heterocycles. The molecule has 1 saturated heterocycles. The van der Waals surface area contributed by atoms with E-state index in [1.165, 1.54) is 25.3 Å². The van der Waals surface area contributed by atoms with Gasteiger partial charge in [-0.05, 0) is 85.8 Å². The van der Waals surface area contributed by atoms with Crippen molar-refractivity contribution in [2.45, 2.75) is 38.2 Å². The molecule has 6 nitrogen and oxygen atoms in total. The van der Waals surface area contributed by atoms with E-state index >= 15 is 0 Å². The second-order valence-electron chi connectivity index (χ2n) is 8.78. The Hall–Kier alpha value is -2.67. The normalized spacial score (nSPS) is 15.4. The summed E-state index contributed by atoms with van der Waals surface area (Å²) in [5, 5.41) is 11.5. The molecule has 0 spiro atoms. The Bertz CT molecular complexity index is 1090. The number of ether oxygens (including phenoxy) is 1. The molecule has 0 saturated carbocycles. The van der Waals surface area contributed by atoms with Gasteiger partial charge in [-0.15, -0.1) is 0 Å². The summed E-state index contributed by atoms with van der Waals surface area (Å²) in [5.41, 5.74) is 3.71. The number of halogens is 1. The van der Waals surface area contributed by atoms with E-state index in [1.54, 1.807) is 18.4 Å². The maximum absolute atomic E-state index is 11.3. The van der Waals surface area contributed by atoms with Crippen LogP contribution < -0.4 is 0 Å². The van der Waals surface area contributed by atoms with Gasteiger partial charge in [-0.2, -0.15) is 0 Å². The van der Waals surface area contributed by atoms with E-state index in [0.717, 1.165) is 47.6 Å². The molecule has 1 unspecified atom stereocenters. The minimum absolute atomic E-state index is 0.0235. The van der Waals surface area contributed by atoms with Crippen molar-refractivity contribution < 1.29 is 14.1 Å². The van der Waals surface area contributed by atoms with Gasteiger partial charge in [0.05, 0.1) is 24.4 Å². The summed E-state index contributed by atoms with van der Waals surface area (Å²) in [6.45, 7) is 8.63. The zero-order chi connectivity index (χ0) is 23.9. The van der Waals surface area contributed by atoms with Crippen molar-refractivity contribution in [1.82, 2.24) is 4.90 Å². The summed E-state index contributed by atoms with van der Waals surface area (Å²) in [7, 11) is 0. The minimum atomic E-state index is -0.457. The fraction of sp³-hybridized carbons (Fsp3) is 0.370. The number of furan rings is 1. The van der Waals surface area contributed by atoms with Crippen LogP contribution in [0.4, 0.5) is 5.69 Å². The quantitative estimate of drug-likeness (QED) is 0.184. The van der Waals surface area contributed by atoms with Crippen molar-refractivity contribution in [3.8, 4) is 11.1 Å². The summed E-state index contributed by atoms with van der Waals surface area (Å²) < 4.78 is 11.6. The lowest BCUT2D eigenvalue weighted by Crippen LogP contribution is -2.32. The number of hydrogen-bond acceptors (Lipinski definition) is 5. The van der Waals surface area contributed by atoms with Gasteiger partial charge in [0.2, 0.25) is 0 Å². The van der Waals surface area contributed by atoms with E-state index in [-0.39, 0.29) is 16.6 Å². The van der Waals surface area contributed by atoms with Crippen LogP contribution >= 0.6 is 11.6 Å². The average Bonchev–Trinajstić information content (AvgIpc) is 3.39. The Morgan fingerprint density at radius 2 is 1.85 bits per heavy atom. The molecule has 0 aliphatic carbocycles. The second-order valence-corrected chi connectivity index (χ2v) is 9.19. The zero-order valence-electron chi connectivity index (χ0n) is 19.2. The molecule has 179 valence electrons. The third-order valence-electron chi connectivity index (χ3n) is 6.35. The first-order valence-electron chi connectivity index (χ1n) is 11.7. The van der Waals surface area contributed by atoms with E-state index in [4.69, 9.17) is 20.8 Å². The highest BCUT2D eigenvalue weighted by Gasteiger charge is 2.17. The molecule has 1 aliphatic rings. The smallest absolute Gasteiger partial charge is 0.288 e. The third-order valence-corrected chi connectivity index (χ3v) is 6.67. The van der Waals surface area contributed by atoms with Crippen LogP contribution in [0.15, 0.2) is 59.2 Å². The molecular weight excluding hydrogens is 452 g/mol. The van der Waals surface area contributed by atoms with Gasteiger partial charge in [0.25, 0.3) is 5.69 Å². The Morgan fingerprint density at radius 3 is 2.59 bits per heavy atom. The molecule has 0 amide bonds. The molecule has 4 rings (SSSR count). The average molecular weight is 482 g/mol. The van der Waals surface area contributed by atoms with E-state index in [1.807, 2.05) is 18.2 Å². The number of rotatable bonds is 10. The van der Waals surface area contributed by atoms with Crippen LogP contribution in [0.25, 0.3) is 11.1 Å². The molecule has 1 atom stereocenters. The SMILES string of the molecule is [CH2]C(Cc1ccc(-c2ccc(Cl)c([N+](=O)[O-])c2)cc1COCCN1CCCCC1)c1ccco1. The van der Waals surface area contributed by atoms with Gasteiger partial charge in [0.1, 0.15) is 10.8 Å². The van der Waals surface area contributed by atoms with Crippen LogP contribution in [-0.4, -0.2) is 36.1 Å². The van der Waals surface area contributed by atoms with Crippen molar-refractivity contribution in [2.75, 3.05) is 26.2 Å². The van der Waals surface area contributed by atoms with Crippen LogP contribution in [-0.2, 0) is 17.8 Å². The van der Waals surface area contributed by atoms with Gasteiger partial charge in [0.15, 0.2) is 0 Å². The van der Waals surface area contributed by atoms with Crippen LogP contribution in [0, 0.1) is 17.0 Å². The lowest BCUT2D eigenvalue weighted by Gasteiger charge is -2.26. The number of piperidine rings is 1. The summed E-state index contributed by atoms with van der Waals surface area (Å²) in [4.78, 5) is 13.3. The Morgan fingerprint density at radius 1 is 1.09 bits per heavy atom. The topological polar surface area (TPSA) is 68.8 Å². The molecule has 0 bridgehead atoms. The van der Waals surface area contributed by atoms with Crippen molar-refractivity contribution in [3.05, 3.63) is 93.7 Å². The molecule has 1 fully saturated rings. The van der Waals surface area contributed by atoms with Gasteiger partial charge in [-0.25, -0.2) is 0 Å². The number of nitro benzene ring substituents is 1. The maximum atomic E-state index is 11.3. The fourth-order valence-electron chi connectivity index (χ4n) is 4.42. The minimum Gasteiger partial charge on any atom is -0.469 e. The standard InChI is InChI=1S/C27H30ClN2O4/c1-20(27-6-5-14-34-27)16-21-7-8-22(23-9-10-25(28)26(18-23)30(31)32)17-24(21)19-33-15-13-29-11-3-2-4-12-29/h5-10,14,17-18,20H,1-4,11-13,15-16,19H2. The maximum Gasteiger partial charge on any atom is 0.288 e. The molecule has 34 heavy (non-hydrogen) atoms. The highest BCUT2D eigenvalue weighted by atomic mass is 35.5. The van der Waals surface area contributed by atoms with Gasteiger partial charge in [-0.1, -0.05) is 36.2 Å². The highest BCUT2D eigenvalue weighted by Crippen LogP contribution is 2.32. The third kappa shape index (κ3) is 6.26. The van der Waals surface area contributed by atoms with Crippen molar-refractivity contribution in [2.24, 2.45) is 0 Å². The number of nitrogens with zero attached hydrogens (tertiary/aromatic N) is 2. The molecule has 2 aromatic carbocycles. The first-order chi connectivity index (χ1) is 16.5. The van der Waals surface area contributed by atoms with E-state index < -0.39 is 4.92 Å². The summed E-state index contributed by atoms with van der Waals surface area (Å²) in [6, 6.07) is 14.8. The molecule has 1 radical (unpaired) electrons. The lowest BCUT2D eigenvalue weighted by molar-refractivity contribution is -0.384. The van der Waals surface area contributed by atoms with Gasteiger partial charge < -0.3 is 14.1 Å². The molecule has 7 heteroatoms.